The van der Waals surface area contributed by atoms with Gasteiger partial charge in [-0.25, -0.2) is 12.8 Å². The molecule has 1 amide bonds. The molecule has 0 spiro atoms. The van der Waals surface area contributed by atoms with E-state index < -0.39 is 15.1 Å². The second-order valence-corrected chi connectivity index (χ2v) is 11.6. The van der Waals surface area contributed by atoms with Crippen LogP contribution in [0.3, 0.4) is 0 Å². The van der Waals surface area contributed by atoms with Gasteiger partial charge in [0.05, 0.1) is 26.8 Å². The monoisotopic (exact) mass is 466 g/mol. The molecule has 0 aliphatic carbocycles. The first kappa shape index (κ1) is 22.7. The quantitative estimate of drug-likeness (QED) is 0.527. The maximum atomic E-state index is 13.6. The molecule has 0 saturated carbocycles. The number of thiazole rings is 1. The Labute approximate surface area is 183 Å². The smallest absolute Gasteiger partial charge is 0.252 e. The van der Waals surface area contributed by atoms with E-state index in [1.54, 1.807) is 43.8 Å². The molecule has 0 aliphatic heterocycles. The van der Waals surface area contributed by atoms with E-state index in [1.807, 2.05) is 10.8 Å². The van der Waals surface area contributed by atoms with Gasteiger partial charge in [0.25, 0.3) is 5.91 Å². The molecular formula is C21H23FN2O3S3. The Morgan fingerprint density at radius 1 is 1.20 bits per heavy atom. The molecule has 0 unspecified atom stereocenters. The average molecular weight is 467 g/mol. The Balaban J connectivity index is 1.88. The number of carbonyl (C=O) groups is 1. The molecule has 0 saturated heterocycles. The van der Waals surface area contributed by atoms with Gasteiger partial charge in [0.1, 0.15) is 5.82 Å². The van der Waals surface area contributed by atoms with Crippen molar-refractivity contribution in [1.82, 2.24) is 4.57 Å². The highest BCUT2D eigenvalue weighted by Gasteiger charge is 2.19. The zero-order chi connectivity index (χ0) is 21.9. The highest BCUT2D eigenvalue weighted by atomic mass is 32.2. The van der Waals surface area contributed by atoms with Gasteiger partial charge in [-0.2, -0.15) is 16.8 Å². The zero-order valence-electron chi connectivity index (χ0n) is 17.0. The van der Waals surface area contributed by atoms with E-state index in [0.29, 0.717) is 16.9 Å². The van der Waals surface area contributed by atoms with Crippen LogP contribution in [0.25, 0.3) is 10.2 Å². The van der Waals surface area contributed by atoms with E-state index in [1.165, 1.54) is 35.6 Å². The summed E-state index contributed by atoms with van der Waals surface area (Å²) in [5.74, 6) is 0.186. The number of amides is 1. The summed E-state index contributed by atoms with van der Waals surface area (Å²) in [6, 6.07) is 10.9. The minimum Gasteiger partial charge on any atom is -0.316 e. The molecule has 0 bridgehead atoms. The van der Waals surface area contributed by atoms with Crippen LogP contribution in [0.4, 0.5) is 4.39 Å². The second kappa shape index (κ2) is 9.45. The van der Waals surface area contributed by atoms with Crippen LogP contribution in [0.2, 0.25) is 0 Å². The molecule has 0 N–H and O–H groups in total. The number of nitrogens with zero attached hydrogens (tertiary/aromatic N) is 2. The molecule has 0 atom stereocenters. The molecule has 0 fully saturated rings. The minimum atomic E-state index is -3.35. The number of benzene rings is 2. The van der Waals surface area contributed by atoms with Crippen molar-refractivity contribution in [3.05, 3.63) is 58.6 Å². The molecule has 2 aromatic carbocycles. The Morgan fingerprint density at radius 2 is 1.90 bits per heavy atom. The molecule has 9 heteroatoms. The zero-order valence-corrected chi connectivity index (χ0v) is 19.4. The van der Waals surface area contributed by atoms with Crippen molar-refractivity contribution in [2.45, 2.75) is 37.0 Å². The predicted octanol–water partition coefficient (Wildman–Crippen LogP) is 4.06. The highest BCUT2D eigenvalue weighted by Crippen LogP contribution is 2.20. The predicted molar refractivity (Wildman–Crippen MR) is 121 cm³/mol. The number of rotatable bonds is 7. The summed E-state index contributed by atoms with van der Waals surface area (Å²) in [7, 11) is -3.35. The van der Waals surface area contributed by atoms with Gasteiger partial charge in [-0.1, -0.05) is 23.5 Å². The topological polar surface area (TPSA) is 68.5 Å². The van der Waals surface area contributed by atoms with Crippen LogP contribution in [-0.2, 0) is 27.6 Å². The fourth-order valence-electron chi connectivity index (χ4n) is 2.92. The number of aryl methyl sites for hydroxylation is 1. The number of sulfone groups is 1. The number of aromatic nitrogens is 1. The van der Waals surface area contributed by atoms with Crippen LogP contribution >= 0.6 is 23.1 Å². The van der Waals surface area contributed by atoms with Crippen LogP contribution < -0.4 is 4.80 Å². The normalized spacial score (nSPS) is 12.8. The summed E-state index contributed by atoms with van der Waals surface area (Å²) in [4.78, 5) is 17.6. The van der Waals surface area contributed by atoms with E-state index >= 15 is 0 Å². The number of fused-ring (bicyclic) bond motifs is 1. The number of thioether (sulfide) groups is 1. The van der Waals surface area contributed by atoms with Crippen molar-refractivity contribution in [1.29, 1.82) is 0 Å². The van der Waals surface area contributed by atoms with Crippen molar-refractivity contribution >= 4 is 49.1 Å². The largest absolute Gasteiger partial charge is 0.316 e. The molecule has 30 heavy (non-hydrogen) atoms. The third-order valence-electron chi connectivity index (χ3n) is 4.61. The Hall–Kier alpha value is -1.97. The van der Waals surface area contributed by atoms with Crippen LogP contribution in [0.5, 0.6) is 0 Å². The van der Waals surface area contributed by atoms with E-state index in [0.717, 1.165) is 16.0 Å². The third kappa shape index (κ3) is 5.01. The van der Waals surface area contributed by atoms with Gasteiger partial charge < -0.3 is 4.57 Å². The first-order valence-electron chi connectivity index (χ1n) is 9.40. The van der Waals surface area contributed by atoms with E-state index in [-0.39, 0.29) is 23.0 Å². The maximum absolute atomic E-state index is 13.6. The summed E-state index contributed by atoms with van der Waals surface area (Å²) in [5.41, 5.74) is 1.54. The molecular weight excluding hydrogens is 443 g/mol. The molecule has 0 radical (unpaired) electrons. The maximum Gasteiger partial charge on any atom is 0.252 e. The first-order chi connectivity index (χ1) is 14.2. The van der Waals surface area contributed by atoms with Crippen molar-refractivity contribution in [2.75, 3.05) is 12.0 Å². The molecule has 0 aliphatic rings. The van der Waals surface area contributed by atoms with E-state index in [2.05, 4.69) is 4.99 Å². The summed E-state index contributed by atoms with van der Waals surface area (Å²) in [5, 5.41) is -0.505. The van der Waals surface area contributed by atoms with Crippen LogP contribution in [-0.4, -0.2) is 36.2 Å². The number of hydrogen-bond acceptors (Lipinski definition) is 5. The molecule has 1 heterocycles. The second-order valence-electron chi connectivity index (χ2n) is 7.06. The van der Waals surface area contributed by atoms with Crippen LogP contribution in [0.15, 0.2) is 52.4 Å². The van der Waals surface area contributed by atoms with E-state index in [9.17, 15) is 17.6 Å². The highest BCUT2D eigenvalue weighted by molar-refractivity contribution is 7.98. The third-order valence-corrected chi connectivity index (χ3v) is 8.41. The van der Waals surface area contributed by atoms with Crippen molar-refractivity contribution in [3.63, 3.8) is 0 Å². The first-order valence-corrected chi connectivity index (χ1v) is 13.2. The Morgan fingerprint density at radius 3 is 2.53 bits per heavy atom. The van der Waals surface area contributed by atoms with Gasteiger partial charge in [0.2, 0.25) is 0 Å². The van der Waals surface area contributed by atoms with Crippen molar-refractivity contribution in [2.24, 2.45) is 4.99 Å². The average Bonchev–Trinajstić information content (AvgIpc) is 3.02. The van der Waals surface area contributed by atoms with Gasteiger partial charge in [-0.05, 0) is 56.0 Å². The molecule has 3 aromatic rings. The van der Waals surface area contributed by atoms with Gasteiger partial charge in [0, 0.05) is 12.3 Å². The summed E-state index contributed by atoms with van der Waals surface area (Å²) in [6.45, 7) is 3.93. The fourth-order valence-corrected chi connectivity index (χ4v) is 5.44. The SMILES string of the molecule is CSCCn1c(=NC(=O)Cc2ccc(S(=O)(=O)C(C)C)cc2)sc2cc(F)ccc21. The lowest BCUT2D eigenvalue weighted by molar-refractivity contribution is -0.117. The van der Waals surface area contributed by atoms with Crippen LogP contribution in [0, 0.1) is 5.82 Å². The summed E-state index contributed by atoms with van der Waals surface area (Å²) < 4.78 is 40.7. The van der Waals surface area contributed by atoms with Gasteiger partial charge in [0.15, 0.2) is 14.6 Å². The number of halogens is 1. The number of hydrogen-bond donors (Lipinski definition) is 0. The molecule has 160 valence electrons. The molecule has 5 nitrogen and oxygen atoms in total. The fraction of sp³-hybridized carbons (Fsp3) is 0.333. The van der Waals surface area contributed by atoms with E-state index in [4.69, 9.17) is 0 Å². The van der Waals surface area contributed by atoms with Gasteiger partial charge in [-0.3, -0.25) is 4.79 Å². The van der Waals surface area contributed by atoms with Gasteiger partial charge >= 0.3 is 0 Å². The molecule has 3 rings (SSSR count). The van der Waals surface area contributed by atoms with Crippen molar-refractivity contribution in [3.8, 4) is 0 Å². The van der Waals surface area contributed by atoms with Crippen molar-refractivity contribution < 1.29 is 17.6 Å². The summed E-state index contributed by atoms with van der Waals surface area (Å²) in [6.07, 6.45) is 2.06. The van der Waals surface area contributed by atoms with Crippen LogP contribution in [0.1, 0.15) is 19.4 Å². The van der Waals surface area contributed by atoms with Gasteiger partial charge in [-0.15, -0.1) is 0 Å². The Kier molecular flexibility index (Phi) is 7.15. The lowest BCUT2D eigenvalue weighted by Crippen LogP contribution is -2.18. The standard InChI is InChI=1S/C21H23FN2O3S3/c1-14(2)30(26,27)17-7-4-15(5-8-17)12-20(25)23-21-24(10-11-28-3)18-9-6-16(22)13-19(18)29-21/h4-9,13-14H,10-12H2,1-3H3. The minimum absolute atomic E-state index is 0.0626. The summed E-state index contributed by atoms with van der Waals surface area (Å²) >= 11 is 2.96. The Bertz CT molecular complexity index is 1230. The lowest BCUT2D eigenvalue weighted by Gasteiger charge is -2.08. The molecule has 1 aromatic heterocycles. The lowest BCUT2D eigenvalue weighted by atomic mass is 10.1. The number of carbonyl (C=O) groups excluding carboxylic acids is 1.